The summed E-state index contributed by atoms with van der Waals surface area (Å²) in [5, 5.41) is 0. The summed E-state index contributed by atoms with van der Waals surface area (Å²) in [4.78, 5) is 4.39. The summed E-state index contributed by atoms with van der Waals surface area (Å²) in [6.45, 7) is 7.53. The number of nitrogens with two attached hydrogens (primary N) is 1. The van der Waals surface area contributed by atoms with E-state index >= 15 is 0 Å². The first-order valence-electron chi connectivity index (χ1n) is 6.22. The number of nitrogens with one attached hydrogen (secondary N) is 1. The van der Waals surface area contributed by atoms with E-state index in [4.69, 9.17) is 5.84 Å². The minimum atomic E-state index is 0.322. The fourth-order valence-electron chi connectivity index (χ4n) is 2.23. The van der Waals surface area contributed by atoms with Crippen LogP contribution in [0, 0.1) is 5.92 Å². The van der Waals surface area contributed by atoms with Gasteiger partial charge in [0.05, 0.1) is 0 Å². The second-order valence-electron chi connectivity index (χ2n) is 4.18. The van der Waals surface area contributed by atoms with Gasteiger partial charge in [-0.15, -0.1) is 0 Å². The molecule has 0 saturated carbocycles. The third kappa shape index (κ3) is 3.06. The minimum absolute atomic E-state index is 0.322. The van der Waals surface area contributed by atoms with Crippen molar-refractivity contribution in [1.82, 2.24) is 15.0 Å². The Morgan fingerprint density at radius 2 is 2.06 bits per heavy atom. The Morgan fingerprint density at radius 3 is 2.56 bits per heavy atom. The number of aryl methyl sites for hydroxylation is 1. The third-order valence-corrected chi connectivity index (χ3v) is 3.38. The third-order valence-electron chi connectivity index (χ3n) is 3.38. The maximum Gasteiger partial charge on any atom is 0.110 e. The van der Waals surface area contributed by atoms with E-state index in [9.17, 15) is 0 Å². The number of imidazole rings is 1. The van der Waals surface area contributed by atoms with Crippen LogP contribution < -0.4 is 11.3 Å². The van der Waals surface area contributed by atoms with Crippen LogP contribution in [0.3, 0.4) is 0 Å². The van der Waals surface area contributed by atoms with Crippen LogP contribution in [0.1, 0.15) is 39.4 Å². The van der Waals surface area contributed by atoms with E-state index in [1.54, 1.807) is 0 Å². The fraction of sp³-hybridized carbons (Fsp3) is 0.750. The summed E-state index contributed by atoms with van der Waals surface area (Å²) >= 11 is 0. The number of aromatic nitrogens is 2. The Hall–Kier alpha value is -0.870. The van der Waals surface area contributed by atoms with Crippen LogP contribution >= 0.6 is 0 Å². The Kier molecular flexibility index (Phi) is 5.49. The van der Waals surface area contributed by atoms with Crippen molar-refractivity contribution in [1.29, 1.82) is 0 Å². The lowest BCUT2D eigenvalue weighted by molar-refractivity contribution is 0.329. The van der Waals surface area contributed by atoms with Gasteiger partial charge in [0.25, 0.3) is 0 Å². The van der Waals surface area contributed by atoms with E-state index in [1.807, 2.05) is 12.4 Å². The summed E-state index contributed by atoms with van der Waals surface area (Å²) < 4.78 is 2.17. The molecule has 1 aromatic rings. The van der Waals surface area contributed by atoms with Gasteiger partial charge in [0.2, 0.25) is 0 Å². The summed E-state index contributed by atoms with van der Waals surface area (Å²) in [5.41, 5.74) is 2.94. The van der Waals surface area contributed by atoms with Gasteiger partial charge in [-0.3, -0.25) is 11.3 Å². The Balaban J connectivity index is 2.69. The average molecular weight is 224 g/mol. The molecule has 1 rings (SSSR count). The number of rotatable bonds is 7. The van der Waals surface area contributed by atoms with Crippen molar-refractivity contribution in [2.45, 2.75) is 52.6 Å². The van der Waals surface area contributed by atoms with Gasteiger partial charge in [-0.2, -0.15) is 0 Å². The molecule has 0 fully saturated rings. The second-order valence-corrected chi connectivity index (χ2v) is 4.18. The molecule has 0 radical (unpaired) electrons. The summed E-state index contributed by atoms with van der Waals surface area (Å²) in [6, 6.07) is 0.322. The highest BCUT2D eigenvalue weighted by molar-refractivity contribution is 4.96. The van der Waals surface area contributed by atoms with Crippen LogP contribution in [0.5, 0.6) is 0 Å². The lowest BCUT2D eigenvalue weighted by Crippen LogP contribution is -2.42. The molecule has 1 unspecified atom stereocenters. The lowest BCUT2D eigenvalue weighted by Gasteiger charge is -2.24. The topological polar surface area (TPSA) is 55.9 Å². The number of hydrogen-bond acceptors (Lipinski definition) is 3. The molecule has 3 N–H and O–H groups in total. The first-order chi connectivity index (χ1) is 7.76. The van der Waals surface area contributed by atoms with Crippen molar-refractivity contribution in [3.8, 4) is 0 Å². The van der Waals surface area contributed by atoms with Crippen molar-refractivity contribution in [2.24, 2.45) is 11.8 Å². The molecule has 92 valence electrons. The molecule has 16 heavy (non-hydrogen) atoms. The molecule has 1 aromatic heterocycles. The van der Waals surface area contributed by atoms with E-state index in [1.165, 1.54) is 0 Å². The van der Waals surface area contributed by atoms with Crippen molar-refractivity contribution in [3.05, 3.63) is 18.2 Å². The Labute approximate surface area is 98.2 Å². The number of hydrogen-bond donors (Lipinski definition) is 2. The van der Waals surface area contributed by atoms with Crippen LogP contribution in [-0.2, 0) is 13.0 Å². The lowest BCUT2D eigenvalue weighted by atomic mass is 9.92. The Morgan fingerprint density at radius 1 is 1.38 bits per heavy atom. The number of hydrazine groups is 1. The van der Waals surface area contributed by atoms with Crippen molar-refractivity contribution in [2.75, 3.05) is 0 Å². The first-order valence-corrected chi connectivity index (χ1v) is 6.22. The zero-order valence-corrected chi connectivity index (χ0v) is 10.6. The molecule has 0 saturated heterocycles. The van der Waals surface area contributed by atoms with Crippen molar-refractivity contribution >= 4 is 0 Å². The molecule has 1 heterocycles. The van der Waals surface area contributed by atoms with Crippen LogP contribution in [0.4, 0.5) is 0 Å². The highest BCUT2D eigenvalue weighted by atomic mass is 15.2. The quantitative estimate of drug-likeness (QED) is 0.547. The smallest absolute Gasteiger partial charge is 0.110 e. The van der Waals surface area contributed by atoms with E-state index < -0.39 is 0 Å². The monoisotopic (exact) mass is 224 g/mol. The first kappa shape index (κ1) is 13.2. The van der Waals surface area contributed by atoms with E-state index in [2.05, 4.69) is 35.7 Å². The molecular formula is C12H24N4. The standard InChI is InChI=1S/C12H24N4/c1-4-10(5-2)11(15-13)9-12-14-7-8-16(12)6-3/h7-8,10-11,15H,4-6,9,13H2,1-3H3. The van der Waals surface area contributed by atoms with Gasteiger partial charge in [0.1, 0.15) is 5.82 Å². The minimum Gasteiger partial charge on any atom is -0.335 e. The maximum atomic E-state index is 5.65. The fourth-order valence-corrected chi connectivity index (χ4v) is 2.23. The maximum absolute atomic E-state index is 5.65. The Bertz CT molecular complexity index is 291. The van der Waals surface area contributed by atoms with Crippen LogP contribution in [0.2, 0.25) is 0 Å². The molecule has 1 atom stereocenters. The molecule has 0 bridgehead atoms. The summed E-state index contributed by atoms with van der Waals surface area (Å²) in [5.74, 6) is 7.39. The van der Waals surface area contributed by atoms with Crippen LogP contribution in [-0.4, -0.2) is 15.6 Å². The van der Waals surface area contributed by atoms with Crippen molar-refractivity contribution < 1.29 is 0 Å². The summed E-state index contributed by atoms with van der Waals surface area (Å²) in [6.07, 6.45) is 7.09. The zero-order chi connectivity index (χ0) is 12.0. The van der Waals surface area contributed by atoms with Crippen LogP contribution in [0.15, 0.2) is 12.4 Å². The molecule has 0 aliphatic heterocycles. The molecule has 0 aliphatic carbocycles. The summed E-state index contributed by atoms with van der Waals surface area (Å²) in [7, 11) is 0. The molecule has 0 aromatic carbocycles. The van der Waals surface area contributed by atoms with E-state index in [0.29, 0.717) is 12.0 Å². The predicted molar refractivity (Wildman–Crippen MR) is 66.8 cm³/mol. The van der Waals surface area contributed by atoms with Gasteiger partial charge in [-0.05, 0) is 12.8 Å². The van der Waals surface area contributed by atoms with Gasteiger partial charge in [0.15, 0.2) is 0 Å². The van der Waals surface area contributed by atoms with Crippen LogP contribution in [0.25, 0.3) is 0 Å². The highest BCUT2D eigenvalue weighted by Crippen LogP contribution is 2.16. The van der Waals surface area contributed by atoms with E-state index in [0.717, 1.165) is 31.6 Å². The average Bonchev–Trinajstić information content (AvgIpc) is 2.76. The molecule has 0 spiro atoms. The molecule has 0 aliphatic rings. The second kappa shape index (κ2) is 6.66. The van der Waals surface area contributed by atoms with Gasteiger partial charge in [0, 0.05) is 31.4 Å². The van der Waals surface area contributed by atoms with E-state index in [-0.39, 0.29) is 0 Å². The highest BCUT2D eigenvalue weighted by Gasteiger charge is 2.19. The van der Waals surface area contributed by atoms with Gasteiger partial charge < -0.3 is 4.57 Å². The SMILES string of the molecule is CCC(CC)C(Cc1nccn1CC)NN. The van der Waals surface area contributed by atoms with Gasteiger partial charge in [-0.1, -0.05) is 26.7 Å². The largest absolute Gasteiger partial charge is 0.335 e. The molecule has 4 heteroatoms. The van der Waals surface area contributed by atoms with Gasteiger partial charge >= 0.3 is 0 Å². The predicted octanol–water partition coefficient (Wildman–Crippen LogP) is 1.71. The van der Waals surface area contributed by atoms with Crippen molar-refractivity contribution in [3.63, 3.8) is 0 Å². The van der Waals surface area contributed by atoms with Gasteiger partial charge in [-0.25, -0.2) is 4.98 Å². The molecular weight excluding hydrogens is 200 g/mol. The number of nitrogens with zero attached hydrogens (tertiary/aromatic N) is 2. The normalized spacial score (nSPS) is 13.3. The molecule has 0 amide bonds. The molecule has 4 nitrogen and oxygen atoms in total. The zero-order valence-electron chi connectivity index (χ0n) is 10.6.